The van der Waals surface area contributed by atoms with Crippen LogP contribution in [-0.2, 0) is 16.1 Å². The van der Waals surface area contributed by atoms with Gasteiger partial charge in [0.15, 0.2) is 11.0 Å². The second-order valence-electron chi connectivity index (χ2n) is 8.05. The number of rotatable bonds is 8. The van der Waals surface area contributed by atoms with Gasteiger partial charge in [-0.25, -0.2) is 0 Å². The van der Waals surface area contributed by atoms with Gasteiger partial charge in [0.2, 0.25) is 5.91 Å². The fraction of sp³-hybridized carbons (Fsp3) is 0.591. The molecule has 4 rings (SSSR count). The number of nitrogens with one attached hydrogen (secondary N) is 1. The van der Waals surface area contributed by atoms with E-state index in [0.29, 0.717) is 6.54 Å². The molecule has 2 fully saturated rings. The fourth-order valence-corrected chi connectivity index (χ4v) is 4.92. The molecule has 0 radical (unpaired) electrons. The number of ether oxygens (including phenoxy) is 1. The summed E-state index contributed by atoms with van der Waals surface area (Å²) < 4.78 is 7.70. The predicted molar refractivity (Wildman–Crippen MR) is 118 cm³/mol. The lowest BCUT2D eigenvalue weighted by Crippen LogP contribution is -2.36. The molecule has 8 heteroatoms. The molecule has 1 aromatic carbocycles. The standard InChI is InChI=1S/C22H31N5O2S/c1-17(21(28)23-15-19-11-8-14-29-19)30-22-25-24-20(16-26-12-6-3-7-13-26)27(22)18-9-4-2-5-10-18/h2,4-5,9-10,17,19H,3,6-8,11-16H2,1H3,(H,23,28)/t17-,19-/m0/s1. The van der Waals surface area contributed by atoms with Gasteiger partial charge in [0.1, 0.15) is 0 Å². The van der Waals surface area contributed by atoms with Crippen LogP contribution in [0, 0.1) is 0 Å². The summed E-state index contributed by atoms with van der Waals surface area (Å²) in [6.07, 6.45) is 6.03. The van der Waals surface area contributed by atoms with E-state index >= 15 is 0 Å². The zero-order valence-corrected chi connectivity index (χ0v) is 18.4. The van der Waals surface area contributed by atoms with E-state index in [0.717, 1.165) is 55.8 Å². The van der Waals surface area contributed by atoms with E-state index in [9.17, 15) is 4.79 Å². The van der Waals surface area contributed by atoms with Gasteiger partial charge in [-0.15, -0.1) is 10.2 Å². The van der Waals surface area contributed by atoms with Crippen molar-refractivity contribution >= 4 is 17.7 Å². The van der Waals surface area contributed by atoms with Crippen LogP contribution in [-0.4, -0.2) is 63.2 Å². The number of aromatic nitrogens is 3. The summed E-state index contributed by atoms with van der Waals surface area (Å²) in [7, 11) is 0. The van der Waals surface area contributed by atoms with Gasteiger partial charge in [-0.05, 0) is 57.8 Å². The second-order valence-corrected chi connectivity index (χ2v) is 9.35. The Balaban J connectivity index is 1.46. The monoisotopic (exact) mass is 429 g/mol. The third-order valence-electron chi connectivity index (χ3n) is 5.71. The summed E-state index contributed by atoms with van der Waals surface area (Å²) >= 11 is 1.46. The molecule has 0 saturated carbocycles. The van der Waals surface area contributed by atoms with Crippen molar-refractivity contribution in [3.05, 3.63) is 36.2 Å². The lowest BCUT2D eigenvalue weighted by atomic mass is 10.1. The van der Waals surface area contributed by atoms with Crippen LogP contribution in [0.4, 0.5) is 0 Å². The number of hydrogen-bond acceptors (Lipinski definition) is 6. The van der Waals surface area contributed by atoms with Crippen molar-refractivity contribution in [2.75, 3.05) is 26.2 Å². The van der Waals surface area contributed by atoms with Gasteiger partial charge in [0.05, 0.1) is 17.9 Å². The summed E-state index contributed by atoms with van der Waals surface area (Å²) in [5.41, 5.74) is 1.03. The summed E-state index contributed by atoms with van der Waals surface area (Å²) in [4.78, 5) is 15.1. The second kappa shape index (κ2) is 10.4. The highest BCUT2D eigenvalue weighted by atomic mass is 32.2. The molecule has 7 nitrogen and oxygen atoms in total. The SMILES string of the molecule is C[C@H](Sc1nnc(CN2CCCCC2)n1-c1ccccc1)C(=O)NC[C@@H]1CCCO1. The van der Waals surface area contributed by atoms with Crippen molar-refractivity contribution in [1.82, 2.24) is 25.0 Å². The Bertz CT molecular complexity index is 816. The van der Waals surface area contributed by atoms with Gasteiger partial charge in [-0.2, -0.15) is 0 Å². The molecule has 2 saturated heterocycles. The Kier molecular flexibility index (Phi) is 7.41. The van der Waals surface area contributed by atoms with Crippen LogP contribution in [0.25, 0.3) is 5.69 Å². The number of nitrogens with zero attached hydrogens (tertiary/aromatic N) is 4. The molecular weight excluding hydrogens is 398 g/mol. The number of benzene rings is 1. The maximum absolute atomic E-state index is 12.6. The van der Waals surface area contributed by atoms with Crippen molar-refractivity contribution in [2.24, 2.45) is 0 Å². The topological polar surface area (TPSA) is 72.3 Å². The number of amides is 1. The number of piperidine rings is 1. The molecule has 3 heterocycles. The van der Waals surface area contributed by atoms with Gasteiger partial charge < -0.3 is 10.1 Å². The molecule has 0 unspecified atom stereocenters. The highest BCUT2D eigenvalue weighted by Gasteiger charge is 2.24. The van der Waals surface area contributed by atoms with E-state index in [1.807, 2.05) is 25.1 Å². The first kappa shape index (κ1) is 21.3. The van der Waals surface area contributed by atoms with Crippen molar-refractivity contribution in [2.45, 2.75) is 62.1 Å². The molecule has 30 heavy (non-hydrogen) atoms. The predicted octanol–water partition coefficient (Wildman–Crippen LogP) is 3.03. The molecule has 1 aromatic heterocycles. The Morgan fingerprint density at radius 3 is 2.73 bits per heavy atom. The third-order valence-corrected chi connectivity index (χ3v) is 6.75. The number of carbonyl (C=O) groups is 1. The molecule has 1 amide bonds. The Morgan fingerprint density at radius 1 is 1.20 bits per heavy atom. The van der Waals surface area contributed by atoms with Gasteiger partial charge in [-0.1, -0.05) is 36.4 Å². The Labute approximate surface area is 182 Å². The minimum atomic E-state index is -0.263. The largest absolute Gasteiger partial charge is 0.376 e. The summed E-state index contributed by atoms with van der Waals surface area (Å²) in [6.45, 7) is 6.28. The van der Waals surface area contributed by atoms with Crippen molar-refractivity contribution < 1.29 is 9.53 Å². The van der Waals surface area contributed by atoms with Crippen molar-refractivity contribution in [1.29, 1.82) is 0 Å². The van der Waals surface area contributed by atoms with Gasteiger partial charge >= 0.3 is 0 Å². The van der Waals surface area contributed by atoms with Crippen LogP contribution in [0.15, 0.2) is 35.5 Å². The molecule has 2 atom stereocenters. The lowest BCUT2D eigenvalue weighted by Gasteiger charge is -2.26. The highest BCUT2D eigenvalue weighted by Crippen LogP contribution is 2.27. The lowest BCUT2D eigenvalue weighted by molar-refractivity contribution is -0.120. The van der Waals surface area contributed by atoms with Crippen LogP contribution in [0.2, 0.25) is 0 Å². The summed E-state index contributed by atoms with van der Waals surface area (Å²) in [6, 6.07) is 10.2. The van der Waals surface area contributed by atoms with Crippen LogP contribution in [0.1, 0.15) is 44.9 Å². The van der Waals surface area contributed by atoms with Crippen LogP contribution < -0.4 is 5.32 Å². The molecule has 0 aliphatic carbocycles. The number of para-hydroxylation sites is 1. The molecule has 0 bridgehead atoms. The Morgan fingerprint density at radius 2 is 2.00 bits per heavy atom. The smallest absolute Gasteiger partial charge is 0.233 e. The van der Waals surface area contributed by atoms with Crippen LogP contribution in [0.3, 0.4) is 0 Å². The first-order valence-electron chi connectivity index (χ1n) is 11.0. The highest BCUT2D eigenvalue weighted by molar-refractivity contribution is 8.00. The minimum Gasteiger partial charge on any atom is -0.376 e. The zero-order chi connectivity index (χ0) is 20.8. The average molecular weight is 430 g/mol. The number of carbonyl (C=O) groups excluding carboxylic acids is 1. The zero-order valence-electron chi connectivity index (χ0n) is 17.6. The number of thioether (sulfide) groups is 1. The van der Waals surface area contributed by atoms with Gasteiger partial charge in [-0.3, -0.25) is 14.3 Å². The number of likely N-dealkylation sites (tertiary alicyclic amines) is 1. The van der Waals surface area contributed by atoms with Crippen molar-refractivity contribution in [3.63, 3.8) is 0 Å². The van der Waals surface area contributed by atoms with E-state index in [2.05, 4.69) is 37.1 Å². The van der Waals surface area contributed by atoms with Crippen LogP contribution >= 0.6 is 11.8 Å². The van der Waals surface area contributed by atoms with E-state index in [1.165, 1.54) is 31.0 Å². The maximum Gasteiger partial charge on any atom is 0.233 e. The average Bonchev–Trinajstić information content (AvgIpc) is 3.43. The minimum absolute atomic E-state index is 0.00990. The first-order chi connectivity index (χ1) is 14.7. The van der Waals surface area contributed by atoms with Gasteiger partial charge in [0, 0.05) is 18.8 Å². The molecule has 1 N–H and O–H groups in total. The quantitative estimate of drug-likeness (QED) is 0.651. The van der Waals surface area contributed by atoms with Crippen LogP contribution in [0.5, 0.6) is 0 Å². The van der Waals surface area contributed by atoms with E-state index in [1.54, 1.807) is 0 Å². The molecule has 2 aliphatic heterocycles. The molecule has 162 valence electrons. The van der Waals surface area contributed by atoms with E-state index < -0.39 is 0 Å². The fourth-order valence-electron chi connectivity index (χ4n) is 4.01. The summed E-state index contributed by atoms with van der Waals surface area (Å²) in [5, 5.41) is 12.5. The van der Waals surface area contributed by atoms with E-state index in [-0.39, 0.29) is 17.3 Å². The molecule has 0 spiro atoms. The van der Waals surface area contributed by atoms with Crippen molar-refractivity contribution in [3.8, 4) is 5.69 Å². The maximum atomic E-state index is 12.6. The number of hydrogen-bond donors (Lipinski definition) is 1. The summed E-state index contributed by atoms with van der Waals surface area (Å²) in [5.74, 6) is 0.938. The molecule has 2 aromatic rings. The normalized spacial score (nSPS) is 20.9. The first-order valence-corrected chi connectivity index (χ1v) is 11.9. The van der Waals surface area contributed by atoms with Gasteiger partial charge in [0.25, 0.3) is 0 Å². The third kappa shape index (κ3) is 5.42. The molecule has 2 aliphatic rings. The molecular formula is C22H31N5O2S. The Hall–Kier alpha value is -1.90. The van der Waals surface area contributed by atoms with E-state index in [4.69, 9.17) is 4.74 Å².